The lowest BCUT2D eigenvalue weighted by molar-refractivity contribution is -0.262. The van der Waals surface area contributed by atoms with E-state index in [1.807, 2.05) is 37.3 Å². The maximum absolute atomic E-state index is 13.7. The number of hydrogen-bond donors (Lipinski definition) is 0. The Morgan fingerprint density at radius 3 is 1.69 bits per heavy atom. The molecule has 1 fully saturated rings. The van der Waals surface area contributed by atoms with E-state index in [9.17, 15) is 23.6 Å². The van der Waals surface area contributed by atoms with Crippen LogP contribution in [-0.4, -0.2) is 54.9 Å². The van der Waals surface area contributed by atoms with Gasteiger partial charge in [-0.25, -0.2) is 4.39 Å². The van der Waals surface area contributed by atoms with Crippen LogP contribution in [0.5, 0.6) is 0 Å². The lowest BCUT2D eigenvalue weighted by Crippen LogP contribution is -2.61. The van der Waals surface area contributed by atoms with Gasteiger partial charge in [0.25, 0.3) is 0 Å². The highest BCUT2D eigenvalue weighted by atomic mass is 32.1. The Bertz CT molecular complexity index is 1850. The van der Waals surface area contributed by atoms with Crippen LogP contribution >= 0.6 is 11.3 Å². The molecule has 0 aliphatic carbocycles. The van der Waals surface area contributed by atoms with Crippen molar-refractivity contribution in [2.24, 2.45) is 21.7 Å². The molecule has 1 aliphatic rings. The molecule has 0 bridgehead atoms. The van der Waals surface area contributed by atoms with Crippen LogP contribution in [0.2, 0.25) is 0 Å². The van der Waals surface area contributed by atoms with Crippen LogP contribution in [0.4, 0.5) is 4.39 Å². The highest BCUT2D eigenvalue weighted by molar-refractivity contribution is 7.15. The van der Waals surface area contributed by atoms with Crippen molar-refractivity contribution in [3.8, 4) is 10.4 Å². The highest BCUT2D eigenvalue weighted by Gasteiger charge is 2.55. The maximum atomic E-state index is 13.7. The molecular weight excluding hydrogens is 724 g/mol. The van der Waals surface area contributed by atoms with Crippen LogP contribution in [0.3, 0.4) is 0 Å². The normalized spacial score (nSPS) is 20.7. The maximum Gasteiger partial charge on any atom is 0.311 e. The quantitative estimate of drug-likeness (QED) is 0.155. The second kappa shape index (κ2) is 16.6. The second-order valence-corrected chi connectivity index (χ2v) is 19.6. The molecule has 3 aromatic rings. The molecule has 1 saturated heterocycles. The van der Waals surface area contributed by atoms with E-state index in [4.69, 9.17) is 23.7 Å². The predicted molar refractivity (Wildman–Crippen MR) is 210 cm³/mol. The van der Waals surface area contributed by atoms with Crippen LogP contribution < -0.4 is 0 Å². The number of halogens is 1. The summed E-state index contributed by atoms with van der Waals surface area (Å²) >= 11 is 1.60. The number of carbonyl (C=O) groups is 4. The molecule has 9 nitrogen and oxygen atoms in total. The Morgan fingerprint density at radius 2 is 1.16 bits per heavy atom. The zero-order valence-electron chi connectivity index (χ0n) is 34.5. The van der Waals surface area contributed by atoms with E-state index in [-0.39, 0.29) is 12.4 Å². The molecule has 1 unspecified atom stereocenters. The summed E-state index contributed by atoms with van der Waals surface area (Å²) in [5.74, 6) is -2.62. The van der Waals surface area contributed by atoms with Crippen molar-refractivity contribution in [2.75, 3.05) is 6.61 Å². The standard InChI is InChI=1S/C44H57FO9S/c1-25-14-15-27(22-28(25)23-30-20-21-32(55-30)26-16-18-29(45)19-17-26)33-35(53-39(48)43(8,9)10)36(54-40(49)44(11,12)13)34(52-38(47)42(5,6)7)31(51-33)24-50-37(46)41(2,3)4/h14-22,31,33-36H,23-24H2,1-13H3/t31-,33?,34-,35+,36+/m1/s1. The van der Waals surface area contributed by atoms with Crippen LogP contribution in [0.1, 0.15) is 111 Å². The molecule has 4 rings (SSSR count). The second-order valence-electron chi connectivity index (χ2n) is 18.4. The third-order valence-corrected chi connectivity index (χ3v) is 10.2. The number of rotatable bonds is 9. The summed E-state index contributed by atoms with van der Waals surface area (Å²) in [6.07, 6.45) is -5.53. The summed E-state index contributed by atoms with van der Waals surface area (Å²) in [5.41, 5.74) is -0.255. The average molecular weight is 781 g/mol. The zero-order valence-corrected chi connectivity index (χ0v) is 35.3. The molecule has 2 aromatic carbocycles. The van der Waals surface area contributed by atoms with Crippen LogP contribution in [0, 0.1) is 34.4 Å². The Kier molecular flexibility index (Phi) is 13.1. The summed E-state index contributed by atoms with van der Waals surface area (Å²) in [4.78, 5) is 56.1. The number of esters is 4. The summed E-state index contributed by atoms with van der Waals surface area (Å²) in [6.45, 7) is 22.1. The van der Waals surface area contributed by atoms with Gasteiger partial charge in [-0.1, -0.05) is 30.3 Å². The minimum atomic E-state index is -1.35. The third-order valence-electron chi connectivity index (χ3n) is 9.05. The largest absolute Gasteiger partial charge is 0.462 e. The number of aryl methyl sites for hydroxylation is 1. The lowest BCUT2D eigenvalue weighted by atomic mass is 9.87. The van der Waals surface area contributed by atoms with Crippen molar-refractivity contribution < 1.29 is 47.3 Å². The van der Waals surface area contributed by atoms with Crippen molar-refractivity contribution in [2.45, 2.75) is 127 Å². The Labute approximate surface area is 329 Å². The van der Waals surface area contributed by atoms with Crippen molar-refractivity contribution in [3.63, 3.8) is 0 Å². The molecule has 1 aliphatic heterocycles. The lowest BCUT2D eigenvalue weighted by Gasteiger charge is -2.46. The van der Waals surface area contributed by atoms with Crippen molar-refractivity contribution >= 4 is 35.2 Å². The Morgan fingerprint density at radius 1 is 0.655 bits per heavy atom. The summed E-state index contributed by atoms with van der Waals surface area (Å²) in [7, 11) is 0. The molecule has 0 N–H and O–H groups in total. The topological polar surface area (TPSA) is 114 Å². The monoisotopic (exact) mass is 780 g/mol. The first-order valence-corrected chi connectivity index (χ1v) is 19.5. The fourth-order valence-electron chi connectivity index (χ4n) is 5.49. The van der Waals surface area contributed by atoms with Gasteiger partial charge in [0.05, 0.1) is 21.7 Å². The van der Waals surface area contributed by atoms with Crippen LogP contribution in [0.15, 0.2) is 54.6 Å². The molecule has 0 radical (unpaired) electrons. The van der Waals surface area contributed by atoms with Gasteiger partial charge in [-0.3, -0.25) is 19.2 Å². The Hall–Kier alpha value is -4.09. The minimum absolute atomic E-state index is 0.298. The SMILES string of the molecule is Cc1ccc(C2O[C@H](COC(=O)C(C)(C)C)[C@@H](OC(=O)C(C)(C)C)[C@H](OC(=O)C(C)(C)C)[C@H]2OC(=O)C(C)(C)C)cc1Cc1ccc(-c2ccc(F)cc2)s1. The van der Waals surface area contributed by atoms with E-state index in [2.05, 4.69) is 0 Å². The molecule has 0 spiro atoms. The number of hydrogen-bond acceptors (Lipinski definition) is 10. The fourth-order valence-corrected chi connectivity index (χ4v) is 6.52. The highest BCUT2D eigenvalue weighted by Crippen LogP contribution is 2.41. The van der Waals surface area contributed by atoms with Crippen molar-refractivity contribution in [1.29, 1.82) is 0 Å². The number of ether oxygens (including phenoxy) is 5. The molecule has 0 saturated carbocycles. The van der Waals surface area contributed by atoms with Gasteiger partial charge in [0.15, 0.2) is 18.3 Å². The van der Waals surface area contributed by atoms with E-state index < -0.39 is 76.1 Å². The smallest absolute Gasteiger partial charge is 0.311 e. The van der Waals surface area contributed by atoms with Gasteiger partial charge < -0.3 is 23.7 Å². The van der Waals surface area contributed by atoms with Gasteiger partial charge in [-0.05, 0) is 137 Å². The first-order valence-electron chi connectivity index (χ1n) is 18.7. The van der Waals surface area contributed by atoms with Gasteiger partial charge >= 0.3 is 23.9 Å². The molecule has 0 amide bonds. The zero-order chi connectivity index (χ0) is 41.3. The summed E-state index contributed by atoms with van der Waals surface area (Å²) < 4.78 is 44.7. The average Bonchev–Trinajstić information content (AvgIpc) is 3.53. The van der Waals surface area contributed by atoms with Crippen LogP contribution in [-0.2, 0) is 49.3 Å². The molecule has 300 valence electrons. The summed E-state index contributed by atoms with van der Waals surface area (Å²) in [6, 6.07) is 16.2. The van der Waals surface area contributed by atoms with Crippen molar-refractivity contribution in [1.82, 2.24) is 0 Å². The van der Waals surface area contributed by atoms with E-state index >= 15 is 0 Å². The third kappa shape index (κ3) is 11.3. The molecule has 1 aromatic heterocycles. The van der Waals surface area contributed by atoms with Gasteiger partial charge in [0.2, 0.25) is 0 Å². The number of carbonyl (C=O) groups excluding carboxylic acids is 4. The van der Waals surface area contributed by atoms with E-state index in [0.717, 1.165) is 26.4 Å². The van der Waals surface area contributed by atoms with Crippen LogP contribution in [0.25, 0.3) is 10.4 Å². The first-order chi connectivity index (χ1) is 25.3. The van der Waals surface area contributed by atoms with Gasteiger partial charge in [-0.2, -0.15) is 0 Å². The molecule has 2 heterocycles. The van der Waals surface area contributed by atoms with E-state index in [0.29, 0.717) is 12.0 Å². The van der Waals surface area contributed by atoms with Crippen molar-refractivity contribution in [3.05, 3.63) is 82.0 Å². The molecule has 55 heavy (non-hydrogen) atoms. The van der Waals surface area contributed by atoms with Gasteiger partial charge in [0.1, 0.15) is 24.6 Å². The van der Waals surface area contributed by atoms with E-state index in [1.54, 1.807) is 107 Å². The minimum Gasteiger partial charge on any atom is -0.462 e. The number of benzene rings is 2. The van der Waals surface area contributed by atoms with E-state index in [1.165, 1.54) is 12.1 Å². The van der Waals surface area contributed by atoms with Gasteiger partial charge in [-0.15, -0.1) is 11.3 Å². The fraction of sp³-hybridized carbons (Fsp3) is 0.545. The van der Waals surface area contributed by atoms with Gasteiger partial charge in [0, 0.05) is 16.2 Å². The molecule has 5 atom stereocenters. The number of thiophene rings is 1. The predicted octanol–water partition coefficient (Wildman–Crippen LogP) is 9.36. The molecule has 11 heteroatoms. The first kappa shape index (κ1) is 43.6. The summed E-state index contributed by atoms with van der Waals surface area (Å²) in [5, 5.41) is 0. The Balaban J connectivity index is 1.85. The molecular formula is C44H57FO9S.